The number of carboxylic acids is 1. The Morgan fingerprint density at radius 3 is 2.40 bits per heavy atom. The van der Waals surface area contributed by atoms with E-state index >= 15 is 0 Å². The first-order valence-electron chi connectivity index (χ1n) is 5.63. The minimum absolute atomic E-state index is 0.249. The van der Waals surface area contributed by atoms with E-state index in [4.69, 9.17) is 5.11 Å². The van der Waals surface area contributed by atoms with Gasteiger partial charge in [0.25, 0.3) is 0 Å². The van der Waals surface area contributed by atoms with Crippen LogP contribution in [0.3, 0.4) is 0 Å². The lowest BCUT2D eigenvalue weighted by molar-refractivity contribution is -0.138. The van der Waals surface area contributed by atoms with Crippen molar-refractivity contribution < 1.29 is 23.1 Å². The van der Waals surface area contributed by atoms with E-state index < -0.39 is 17.7 Å². The summed E-state index contributed by atoms with van der Waals surface area (Å²) in [4.78, 5) is 15.5. The van der Waals surface area contributed by atoms with Crippen LogP contribution in [0.1, 0.15) is 16.3 Å². The fourth-order valence-electron chi connectivity index (χ4n) is 1.77. The van der Waals surface area contributed by atoms with E-state index in [0.717, 1.165) is 12.1 Å². The third-order valence-corrected chi connectivity index (χ3v) is 3.66. The molecule has 1 N–H and O–H groups in total. The van der Waals surface area contributed by atoms with Crippen molar-refractivity contribution in [1.82, 2.24) is 4.98 Å². The fraction of sp³-hybridized carbons (Fsp3) is 0.231. The van der Waals surface area contributed by atoms with Crippen molar-refractivity contribution >= 4 is 17.3 Å². The van der Waals surface area contributed by atoms with Crippen LogP contribution in [-0.4, -0.2) is 16.1 Å². The van der Waals surface area contributed by atoms with Crippen LogP contribution in [0.25, 0.3) is 10.4 Å². The van der Waals surface area contributed by atoms with Gasteiger partial charge >= 0.3 is 12.1 Å². The van der Waals surface area contributed by atoms with E-state index in [2.05, 4.69) is 4.98 Å². The fourth-order valence-corrected chi connectivity index (χ4v) is 2.71. The van der Waals surface area contributed by atoms with Gasteiger partial charge in [-0.2, -0.15) is 13.2 Å². The highest BCUT2D eigenvalue weighted by molar-refractivity contribution is 7.15. The first-order valence-corrected chi connectivity index (χ1v) is 6.45. The number of carboxylic acid groups (broad SMARTS) is 1. The van der Waals surface area contributed by atoms with Crippen LogP contribution in [0, 0.1) is 6.92 Å². The molecule has 0 saturated heterocycles. The Bertz CT molecular complexity index is 632. The molecular weight excluding hydrogens is 291 g/mol. The minimum atomic E-state index is -4.38. The van der Waals surface area contributed by atoms with Crippen molar-refractivity contribution in [3.63, 3.8) is 0 Å². The predicted octanol–water partition coefficient (Wildman–Crippen LogP) is 3.76. The van der Waals surface area contributed by atoms with Gasteiger partial charge in [0.1, 0.15) is 0 Å². The van der Waals surface area contributed by atoms with E-state index in [9.17, 15) is 18.0 Å². The Morgan fingerprint density at radius 2 is 1.90 bits per heavy atom. The highest BCUT2D eigenvalue weighted by atomic mass is 32.1. The molecule has 1 aromatic heterocycles. The Morgan fingerprint density at radius 1 is 1.30 bits per heavy atom. The molecule has 2 rings (SSSR count). The maximum absolute atomic E-state index is 12.5. The summed E-state index contributed by atoms with van der Waals surface area (Å²) in [7, 11) is 0. The quantitative estimate of drug-likeness (QED) is 0.939. The average molecular weight is 301 g/mol. The molecule has 0 amide bonds. The normalized spacial score (nSPS) is 11.6. The number of rotatable bonds is 3. The molecule has 0 radical (unpaired) electrons. The molecule has 3 nitrogen and oxygen atoms in total. The van der Waals surface area contributed by atoms with Gasteiger partial charge in [-0.15, -0.1) is 11.3 Å². The molecule has 0 bridgehead atoms. The summed E-state index contributed by atoms with van der Waals surface area (Å²) in [5.41, 5.74) is 0.182. The van der Waals surface area contributed by atoms with E-state index in [1.807, 2.05) is 0 Å². The van der Waals surface area contributed by atoms with E-state index in [1.165, 1.54) is 23.5 Å². The molecule has 106 valence electrons. The second-order valence-corrected chi connectivity index (χ2v) is 5.36. The Kier molecular flexibility index (Phi) is 3.80. The zero-order valence-electron chi connectivity index (χ0n) is 10.4. The molecule has 0 aliphatic carbocycles. The van der Waals surface area contributed by atoms with Gasteiger partial charge in [0.05, 0.1) is 27.6 Å². The second kappa shape index (κ2) is 5.24. The average Bonchev–Trinajstić information content (AvgIpc) is 2.68. The molecule has 1 aromatic carbocycles. The molecule has 1 heterocycles. The van der Waals surface area contributed by atoms with Gasteiger partial charge in [0.15, 0.2) is 0 Å². The van der Waals surface area contributed by atoms with Crippen molar-refractivity contribution in [2.75, 3.05) is 0 Å². The molecule has 0 fully saturated rings. The third kappa shape index (κ3) is 3.16. The maximum atomic E-state index is 12.5. The van der Waals surface area contributed by atoms with Gasteiger partial charge in [-0.25, -0.2) is 4.98 Å². The van der Waals surface area contributed by atoms with Crippen LogP contribution in [-0.2, 0) is 17.4 Å². The summed E-state index contributed by atoms with van der Waals surface area (Å²) in [6.45, 7) is 1.73. The molecular formula is C13H10F3NO2S. The number of halogens is 3. The van der Waals surface area contributed by atoms with Crippen molar-refractivity contribution in [1.29, 1.82) is 0 Å². The zero-order chi connectivity index (χ0) is 14.9. The molecule has 0 aliphatic heterocycles. The molecule has 0 aliphatic rings. The standard InChI is InChI=1S/C13H10F3NO2S/c1-7-17-10(6-11(18)19)12(20-7)8-2-4-9(5-3-8)13(14,15)16/h2-5H,6H2,1H3,(H,18,19). The molecule has 0 atom stereocenters. The topological polar surface area (TPSA) is 50.2 Å². The lowest BCUT2D eigenvalue weighted by atomic mass is 10.1. The van der Waals surface area contributed by atoms with Crippen LogP contribution in [0.5, 0.6) is 0 Å². The van der Waals surface area contributed by atoms with Gasteiger partial charge < -0.3 is 5.11 Å². The SMILES string of the molecule is Cc1nc(CC(=O)O)c(-c2ccc(C(F)(F)F)cc2)s1. The summed E-state index contributed by atoms with van der Waals surface area (Å²) in [6.07, 6.45) is -4.63. The Balaban J connectivity index is 2.39. The number of hydrogen-bond donors (Lipinski definition) is 1. The molecule has 20 heavy (non-hydrogen) atoms. The smallest absolute Gasteiger partial charge is 0.416 e. The van der Waals surface area contributed by atoms with Gasteiger partial charge in [-0.3, -0.25) is 4.79 Å². The Labute approximate surface area is 116 Å². The van der Waals surface area contributed by atoms with Crippen LogP contribution in [0.2, 0.25) is 0 Å². The monoisotopic (exact) mass is 301 g/mol. The van der Waals surface area contributed by atoms with Crippen molar-refractivity contribution in [2.24, 2.45) is 0 Å². The first kappa shape index (κ1) is 14.5. The van der Waals surface area contributed by atoms with Gasteiger partial charge in [-0.1, -0.05) is 12.1 Å². The molecule has 7 heteroatoms. The third-order valence-electron chi connectivity index (χ3n) is 2.60. The molecule has 0 unspecified atom stereocenters. The largest absolute Gasteiger partial charge is 0.481 e. The van der Waals surface area contributed by atoms with Crippen LogP contribution >= 0.6 is 11.3 Å². The number of carbonyl (C=O) groups is 1. The van der Waals surface area contributed by atoms with E-state index in [0.29, 0.717) is 21.1 Å². The number of hydrogen-bond acceptors (Lipinski definition) is 3. The molecule has 0 spiro atoms. The summed E-state index contributed by atoms with van der Waals surface area (Å²) in [5, 5.41) is 9.49. The Hall–Kier alpha value is -1.89. The van der Waals surface area contributed by atoms with Crippen molar-refractivity contribution in [3.05, 3.63) is 40.5 Å². The molecule has 2 aromatic rings. The van der Waals surface area contributed by atoms with E-state index in [1.54, 1.807) is 6.92 Å². The van der Waals surface area contributed by atoms with Gasteiger partial charge in [-0.05, 0) is 24.6 Å². The summed E-state index contributed by atoms with van der Waals surface area (Å²) < 4.78 is 37.5. The van der Waals surface area contributed by atoms with Gasteiger partial charge in [0, 0.05) is 0 Å². The molecule has 0 saturated carbocycles. The van der Waals surface area contributed by atoms with Crippen LogP contribution in [0.15, 0.2) is 24.3 Å². The number of aryl methyl sites for hydroxylation is 1. The van der Waals surface area contributed by atoms with E-state index in [-0.39, 0.29) is 6.42 Å². The summed E-state index contributed by atoms with van der Waals surface area (Å²) >= 11 is 1.27. The lowest BCUT2D eigenvalue weighted by Gasteiger charge is -2.07. The number of aromatic nitrogens is 1. The number of alkyl halides is 3. The predicted molar refractivity (Wildman–Crippen MR) is 68.6 cm³/mol. The highest BCUT2D eigenvalue weighted by Gasteiger charge is 2.30. The lowest BCUT2D eigenvalue weighted by Crippen LogP contribution is -2.04. The number of aliphatic carboxylic acids is 1. The maximum Gasteiger partial charge on any atom is 0.416 e. The second-order valence-electron chi connectivity index (χ2n) is 4.15. The highest BCUT2D eigenvalue weighted by Crippen LogP contribution is 2.34. The number of thiazole rings is 1. The summed E-state index contributed by atoms with van der Waals surface area (Å²) in [5.74, 6) is -1.02. The number of nitrogens with zero attached hydrogens (tertiary/aromatic N) is 1. The number of benzene rings is 1. The van der Waals surface area contributed by atoms with Crippen LogP contribution in [0.4, 0.5) is 13.2 Å². The van der Waals surface area contributed by atoms with Crippen molar-refractivity contribution in [2.45, 2.75) is 19.5 Å². The zero-order valence-corrected chi connectivity index (χ0v) is 11.2. The van der Waals surface area contributed by atoms with Crippen LogP contribution < -0.4 is 0 Å². The first-order chi connectivity index (χ1) is 9.27. The minimum Gasteiger partial charge on any atom is -0.481 e. The summed E-state index contributed by atoms with van der Waals surface area (Å²) in [6, 6.07) is 4.63. The van der Waals surface area contributed by atoms with Crippen molar-refractivity contribution in [3.8, 4) is 10.4 Å². The van der Waals surface area contributed by atoms with Gasteiger partial charge in [0.2, 0.25) is 0 Å².